The maximum absolute atomic E-state index is 5.59. The summed E-state index contributed by atoms with van der Waals surface area (Å²) in [6.07, 6.45) is 1.86. The van der Waals surface area contributed by atoms with Crippen LogP contribution in [0.4, 0.5) is 0 Å². The summed E-state index contributed by atoms with van der Waals surface area (Å²) in [6.45, 7) is 4.74. The number of aliphatic imine (C=N–C) groups is 1. The first kappa shape index (κ1) is 10.3. The zero-order valence-electron chi connectivity index (χ0n) is 9.97. The van der Waals surface area contributed by atoms with Gasteiger partial charge in [-0.2, -0.15) is 0 Å². The minimum atomic E-state index is -0.136. The van der Waals surface area contributed by atoms with Crippen LogP contribution in [-0.4, -0.2) is 23.0 Å². The molecule has 0 radical (unpaired) electrons. The molecule has 0 atom stereocenters. The van der Waals surface area contributed by atoms with E-state index in [2.05, 4.69) is 29.9 Å². The van der Waals surface area contributed by atoms with E-state index in [-0.39, 0.29) is 5.54 Å². The number of hydrogen-bond acceptors (Lipinski definition) is 3. The third-order valence-electron chi connectivity index (χ3n) is 2.82. The molecule has 1 aliphatic heterocycles. The molecule has 0 saturated heterocycles. The third-order valence-corrected chi connectivity index (χ3v) is 2.82. The SMILES string of the molecule is CC1(C)COC(c2cc3ccccc3cn2)=N1. The van der Waals surface area contributed by atoms with E-state index in [1.807, 2.05) is 30.5 Å². The Morgan fingerprint density at radius 1 is 1.18 bits per heavy atom. The van der Waals surface area contributed by atoms with Gasteiger partial charge in [0.15, 0.2) is 0 Å². The average molecular weight is 226 g/mol. The van der Waals surface area contributed by atoms with Gasteiger partial charge in [-0.05, 0) is 25.3 Å². The van der Waals surface area contributed by atoms with Crippen molar-refractivity contribution in [2.75, 3.05) is 6.61 Å². The van der Waals surface area contributed by atoms with E-state index >= 15 is 0 Å². The molecule has 0 saturated carbocycles. The van der Waals surface area contributed by atoms with Crippen molar-refractivity contribution < 1.29 is 4.74 Å². The second-order valence-electron chi connectivity index (χ2n) is 4.93. The summed E-state index contributed by atoms with van der Waals surface area (Å²) >= 11 is 0. The molecule has 0 unspecified atom stereocenters. The molecule has 2 heterocycles. The predicted octanol–water partition coefficient (Wildman–Crippen LogP) is 2.79. The smallest absolute Gasteiger partial charge is 0.236 e. The zero-order chi connectivity index (χ0) is 11.9. The number of benzene rings is 1. The summed E-state index contributed by atoms with van der Waals surface area (Å²) < 4.78 is 5.59. The van der Waals surface area contributed by atoms with Crippen LogP contribution in [0.2, 0.25) is 0 Å². The molecule has 3 heteroatoms. The Morgan fingerprint density at radius 3 is 2.65 bits per heavy atom. The Bertz CT molecular complexity index is 602. The Hall–Kier alpha value is -1.90. The van der Waals surface area contributed by atoms with Gasteiger partial charge in [0.25, 0.3) is 0 Å². The molecule has 3 rings (SSSR count). The van der Waals surface area contributed by atoms with Crippen molar-refractivity contribution in [3.63, 3.8) is 0 Å². The second-order valence-corrected chi connectivity index (χ2v) is 4.93. The van der Waals surface area contributed by atoms with E-state index in [0.29, 0.717) is 12.5 Å². The summed E-state index contributed by atoms with van der Waals surface area (Å²) in [5, 5.41) is 2.29. The normalized spacial score (nSPS) is 17.9. The molecule has 0 bridgehead atoms. The van der Waals surface area contributed by atoms with Crippen molar-refractivity contribution in [3.05, 3.63) is 42.2 Å². The number of fused-ring (bicyclic) bond motifs is 1. The van der Waals surface area contributed by atoms with Crippen LogP contribution in [0.3, 0.4) is 0 Å². The van der Waals surface area contributed by atoms with Crippen molar-refractivity contribution in [2.45, 2.75) is 19.4 Å². The highest BCUT2D eigenvalue weighted by molar-refractivity contribution is 5.97. The lowest BCUT2D eigenvalue weighted by atomic mass is 10.1. The van der Waals surface area contributed by atoms with Gasteiger partial charge in [0.1, 0.15) is 12.3 Å². The maximum Gasteiger partial charge on any atom is 0.236 e. The minimum absolute atomic E-state index is 0.136. The van der Waals surface area contributed by atoms with E-state index in [9.17, 15) is 0 Å². The van der Waals surface area contributed by atoms with Gasteiger partial charge < -0.3 is 4.74 Å². The molecule has 3 nitrogen and oxygen atoms in total. The summed E-state index contributed by atoms with van der Waals surface area (Å²) in [5.41, 5.74) is 0.678. The summed E-state index contributed by atoms with van der Waals surface area (Å²) in [7, 11) is 0. The fourth-order valence-corrected chi connectivity index (χ4v) is 1.92. The lowest BCUT2D eigenvalue weighted by Crippen LogP contribution is -2.17. The van der Waals surface area contributed by atoms with E-state index in [0.717, 1.165) is 16.5 Å². The fraction of sp³-hybridized carbons (Fsp3) is 0.286. The quantitative estimate of drug-likeness (QED) is 0.749. The van der Waals surface area contributed by atoms with E-state index in [1.165, 1.54) is 0 Å². The van der Waals surface area contributed by atoms with Crippen molar-refractivity contribution in [1.29, 1.82) is 0 Å². The van der Waals surface area contributed by atoms with Crippen LogP contribution in [0.15, 0.2) is 41.5 Å². The van der Waals surface area contributed by atoms with Gasteiger partial charge in [0.05, 0.1) is 5.54 Å². The van der Waals surface area contributed by atoms with Crippen LogP contribution in [0, 0.1) is 0 Å². The van der Waals surface area contributed by atoms with Crippen molar-refractivity contribution >= 4 is 16.7 Å². The number of nitrogens with zero attached hydrogens (tertiary/aromatic N) is 2. The number of hydrogen-bond donors (Lipinski definition) is 0. The van der Waals surface area contributed by atoms with Crippen LogP contribution in [0.25, 0.3) is 10.8 Å². The molecule has 86 valence electrons. The van der Waals surface area contributed by atoms with Gasteiger partial charge in [-0.1, -0.05) is 24.3 Å². The van der Waals surface area contributed by atoms with Gasteiger partial charge in [-0.3, -0.25) is 4.98 Å². The summed E-state index contributed by atoms with van der Waals surface area (Å²) in [5.74, 6) is 0.653. The highest BCUT2D eigenvalue weighted by atomic mass is 16.5. The van der Waals surface area contributed by atoms with E-state index in [1.54, 1.807) is 0 Å². The Morgan fingerprint density at radius 2 is 1.94 bits per heavy atom. The maximum atomic E-state index is 5.59. The van der Waals surface area contributed by atoms with Crippen LogP contribution in [0.5, 0.6) is 0 Å². The Kier molecular flexibility index (Phi) is 2.15. The van der Waals surface area contributed by atoms with Gasteiger partial charge in [-0.25, -0.2) is 4.99 Å². The molecule has 1 aromatic heterocycles. The van der Waals surface area contributed by atoms with E-state index < -0.39 is 0 Å². The molecule has 0 amide bonds. The third kappa shape index (κ3) is 1.88. The standard InChI is InChI=1S/C14H14N2O/c1-14(2)9-17-13(16-14)12-7-10-5-3-4-6-11(10)8-15-12/h3-8H,9H2,1-2H3. The van der Waals surface area contributed by atoms with E-state index in [4.69, 9.17) is 4.74 Å². The summed E-state index contributed by atoms with van der Waals surface area (Å²) in [6, 6.07) is 10.2. The van der Waals surface area contributed by atoms with Gasteiger partial charge >= 0.3 is 0 Å². The summed E-state index contributed by atoms with van der Waals surface area (Å²) in [4.78, 5) is 8.93. The van der Waals surface area contributed by atoms with Gasteiger partial charge in [0, 0.05) is 11.6 Å². The average Bonchev–Trinajstić information content (AvgIpc) is 2.69. The minimum Gasteiger partial charge on any atom is -0.474 e. The van der Waals surface area contributed by atoms with Crippen LogP contribution in [0.1, 0.15) is 19.5 Å². The van der Waals surface area contributed by atoms with Crippen molar-refractivity contribution in [2.24, 2.45) is 4.99 Å². The predicted molar refractivity (Wildman–Crippen MR) is 68.3 cm³/mol. The van der Waals surface area contributed by atoms with Crippen LogP contribution < -0.4 is 0 Å². The molecular formula is C14H14N2O. The molecular weight excluding hydrogens is 212 g/mol. The molecule has 0 fully saturated rings. The largest absolute Gasteiger partial charge is 0.474 e. The molecule has 1 aliphatic rings. The number of pyridine rings is 1. The molecule has 0 spiro atoms. The Labute approximate surface area is 100 Å². The molecule has 0 aliphatic carbocycles. The lowest BCUT2D eigenvalue weighted by Gasteiger charge is -2.07. The van der Waals surface area contributed by atoms with Gasteiger partial charge in [-0.15, -0.1) is 0 Å². The monoisotopic (exact) mass is 226 g/mol. The molecule has 17 heavy (non-hydrogen) atoms. The molecule has 0 N–H and O–H groups in total. The number of aromatic nitrogens is 1. The molecule has 1 aromatic carbocycles. The highest BCUT2D eigenvalue weighted by Crippen LogP contribution is 2.21. The first-order valence-corrected chi connectivity index (χ1v) is 5.72. The van der Waals surface area contributed by atoms with Crippen molar-refractivity contribution in [1.82, 2.24) is 4.98 Å². The van der Waals surface area contributed by atoms with Crippen LogP contribution in [-0.2, 0) is 4.74 Å². The zero-order valence-corrected chi connectivity index (χ0v) is 9.97. The first-order chi connectivity index (χ1) is 8.14. The fourth-order valence-electron chi connectivity index (χ4n) is 1.92. The van der Waals surface area contributed by atoms with Crippen molar-refractivity contribution in [3.8, 4) is 0 Å². The highest BCUT2D eigenvalue weighted by Gasteiger charge is 2.27. The molecule has 2 aromatic rings. The Balaban J connectivity index is 2.07. The first-order valence-electron chi connectivity index (χ1n) is 5.72. The van der Waals surface area contributed by atoms with Crippen LogP contribution >= 0.6 is 0 Å². The second kappa shape index (κ2) is 3.55. The number of ether oxygens (including phenoxy) is 1. The lowest BCUT2D eigenvalue weighted by molar-refractivity contribution is 0.279. The van der Waals surface area contributed by atoms with Gasteiger partial charge in [0.2, 0.25) is 5.90 Å². The topological polar surface area (TPSA) is 34.5 Å². The number of rotatable bonds is 1.